The minimum Gasteiger partial charge on any atom is -0.493 e. The first-order valence-corrected chi connectivity index (χ1v) is 7.36. The molecule has 0 saturated carbocycles. The molecule has 21 heavy (non-hydrogen) atoms. The van der Waals surface area contributed by atoms with Crippen LogP contribution in [0.15, 0.2) is 16.6 Å². The van der Waals surface area contributed by atoms with Gasteiger partial charge in [0.1, 0.15) is 11.5 Å². The third-order valence-corrected chi connectivity index (χ3v) is 3.88. The largest absolute Gasteiger partial charge is 0.493 e. The maximum atomic E-state index is 6.08. The van der Waals surface area contributed by atoms with E-state index in [0.29, 0.717) is 23.0 Å². The Hall–Kier alpha value is -1.89. The number of methoxy groups -OCH3 is 2. The number of hydrogen-bond acceptors (Lipinski definition) is 5. The Kier molecular flexibility index (Phi) is 4.62. The predicted molar refractivity (Wildman–Crippen MR) is 87.0 cm³/mol. The molecule has 0 fully saturated rings. The van der Waals surface area contributed by atoms with Gasteiger partial charge >= 0.3 is 0 Å². The van der Waals surface area contributed by atoms with Gasteiger partial charge in [0.05, 0.1) is 14.2 Å². The number of benzene rings is 1. The SMILES string of the molecule is CCCc1nc(-c2cc(OC)c(OC)cc2Br)c(N)n1N. The standard InChI is InChI=1S/C14H19BrN4O2/c1-4-5-12-18-13(14(16)19(12)17)8-6-10(20-2)11(21-3)7-9(8)15/h6-7H,4-5,16-17H2,1-3H3. The quantitative estimate of drug-likeness (QED) is 0.805. The highest BCUT2D eigenvalue weighted by Gasteiger charge is 2.19. The van der Waals surface area contributed by atoms with Gasteiger partial charge in [-0.3, -0.25) is 0 Å². The van der Waals surface area contributed by atoms with Crippen LogP contribution in [0, 0.1) is 0 Å². The second-order valence-electron chi connectivity index (χ2n) is 4.57. The summed E-state index contributed by atoms with van der Waals surface area (Å²) in [5.41, 5.74) is 7.52. The van der Waals surface area contributed by atoms with Crippen molar-refractivity contribution in [3.8, 4) is 22.8 Å². The monoisotopic (exact) mass is 354 g/mol. The molecule has 7 heteroatoms. The van der Waals surface area contributed by atoms with Crippen molar-refractivity contribution in [2.45, 2.75) is 19.8 Å². The number of aromatic nitrogens is 2. The summed E-state index contributed by atoms with van der Waals surface area (Å²) in [6.07, 6.45) is 1.71. The van der Waals surface area contributed by atoms with Crippen LogP contribution in [-0.4, -0.2) is 23.9 Å². The fourth-order valence-electron chi connectivity index (χ4n) is 2.13. The molecule has 0 bridgehead atoms. The molecule has 0 aliphatic rings. The molecule has 0 aliphatic heterocycles. The zero-order chi connectivity index (χ0) is 15.6. The van der Waals surface area contributed by atoms with Crippen LogP contribution in [0.25, 0.3) is 11.3 Å². The number of anilines is 1. The van der Waals surface area contributed by atoms with Crippen molar-refractivity contribution < 1.29 is 9.47 Å². The Morgan fingerprint density at radius 1 is 1.24 bits per heavy atom. The van der Waals surface area contributed by atoms with E-state index >= 15 is 0 Å². The highest BCUT2D eigenvalue weighted by atomic mass is 79.9. The molecule has 0 spiro atoms. The third kappa shape index (κ3) is 2.78. The normalized spacial score (nSPS) is 10.7. The van der Waals surface area contributed by atoms with Crippen molar-refractivity contribution in [2.24, 2.45) is 0 Å². The molecule has 6 nitrogen and oxygen atoms in total. The average Bonchev–Trinajstić information content (AvgIpc) is 2.76. The van der Waals surface area contributed by atoms with Crippen molar-refractivity contribution in [2.75, 3.05) is 25.8 Å². The van der Waals surface area contributed by atoms with Crippen molar-refractivity contribution in [3.05, 3.63) is 22.4 Å². The van der Waals surface area contributed by atoms with Gasteiger partial charge in [-0.2, -0.15) is 0 Å². The smallest absolute Gasteiger partial charge is 0.161 e. The molecule has 2 aromatic rings. The third-order valence-electron chi connectivity index (χ3n) is 3.22. The second-order valence-corrected chi connectivity index (χ2v) is 5.42. The summed E-state index contributed by atoms with van der Waals surface area (Å²) in [7, 11) is 3.18. The summed E-state index contributed by atoms with van der Waals surface area (Å²) in [6.45, 7) is 2.07. The summed E-state index contributed by atoms with van der Waals surface area (Å²) in [6, 6.07) is 3.65. The van der Waals surface area contributed by atoms with Gasteiger partial charge in [0.15, 0.2) is 17.3 Å². The molecule has 1 aromatic carbocycles. The van der Waals surface area contributed by atoms with E-state index < -0.39 is 0 Å². The van der Waals surface area contributed by atoms with E-state index in [4.69, 9.17) is 21.1 Å². The molecule has 114 valence electrons. The summed E-state index contributed by atoms with van der Waals surface area (Å²) in [5.74, 6) is 8.38. The zero-order valence-electron chi connectivity index (χ0n) is 12.3. The van der Waals surface area contributed by atoms with Crippen molar-refractivity contribution >= 4 is 21.7 Å². The highest BCUT2D eigenvalue weighted by molar-refractivity contribution is 9.10. The average molecular weight is 355 g/mol. The molecular formula is C14H19BrN4O2. The van der Waals surface area contributed by atoms with Crippen LogP contribution in [0.4, 0.5) is 5.82 Å². The number of halogens is 1. The highest BCUT2D eigenvalue weighted by Crippen LogP contribution is 2.39. The van der Waals surface area contributed by atoms with Gasteiger partial charge < -0.3 is 21.1 Å². The summed E-state index contributed by atoms with van der Waals surface area (Å²) >= 11 is 3.51. The van der Waals surface area contributed by atoms with Crippen LogP contribution in [0.1, 0.15) is 19.2 Å². The number of ether oxygens (including phenoxy) is 2. The number of nitrogens with two attached hydrogens (primary N) is 2. The molecule has 0 saturated heterocycles. The predicted octanol–water partition coefficient (Wildman–Crippen LogP) is 2.58. The Morgan fingerprint density at radius 2 is 1.86 bits per heavy atom. The summed E-state index contributed by atoms with van der Waals surface area (Å²) < 4.78 is 12.8. The van der Waals surface area contributed by atoms with Crippen molar-refractivity contribution in [1.82, 2.24) is 9.66 Å². The minimum absolute atomic E-state index is 0.423. The second kappa shape index (κ2) is 6.26. The van der Waals surface area contributed by atoms with E-state index in [9.17, 15) is 0 Å². The first-order valence-electron chi connectivity index (χ1n) is 6.57. The number of nitrogens with zero attached hydrogens (tertiary/aromatic N) is 2. The lowest BCUT2D eigenvalue weighted by atomic mass is 10.1. The lowest BCUT2D eigenvalue weighted by Crippen LogP contribution is -2.15. The topological polar surface area (TPSA) is 88.3 Å². The van der Waals surface area contributed by atoms with E-state index in [1.165, 1.54) is 4.68 Å². The Bertz CT molecular complexity index is 655. The van der Waals surface area contributed by atoms with Gasteiger partial charge in [-0.1, -0.05) is 6.92 Å². The lowest BCUT2D eigenvalue weighted by Gasteiger charge is -2.11. The lowest BCUT2D eigenvalue weighted by molar-refractivity contribution is 0.355. The van der Waals surface area contributed by atoms with E-state index in [1.54, 1.807) is 14.2 Å². The van der Waals surface area contributed by atoms with Gasteiger partial charge in [0.25, 0.3) is 0 Å². The molecule has 2 rings (SSSR count). The van der Waals surface area contributed by atoms with Crippen molar-refractivity contribution in [3.63, 3.8) is 0 Å². The molecular weight excluding hydrogens is 336 g/mol. The Balaban J connectivity index is 2.59. The zero-order valence-corrected chi connectivity index (χ0v) is 13.9. The van der Waals surface area contributed by atoms with Gasteiger partial charge in [0.2, 0.25) is 0 Å². The summed E-state index contributed by atoms with van der Waals surface area (Å²) in [5, 5.41) is 0. The van der Waals surface area contributed by atoms with Crippen LogP contribution in [0.2, 0.25) is 0 Å². The maximum Gasteiger partial charge on any atom is 0.161 e. The van der Waals surface area contributed by atoms with Gasteiger partial charge in [0, 0.05) is 16.5 Å². The van der Waals surface area contributed by atoms with Crippen LogP contribution >= 0.6 is 15.9 Å². The molecule has 0 atom stereocenters. The Morgan fingerprint density at radius 3 is 2.43 bits per heavy atom. The molecule has 0 unspecified atom stereocenters. The summed E-state index contributed by atoms with van der Waals surface area (Å²) in [4.78, 5) is 4.55. The first kappa shape index (κ1) is 15.5. The molecule has 0 aliphatic carbocycles. The van der Waals surface area contributed by atoms with Crippen molar-refractivity contribution in [1.29, 1.82) is 0 Å². The minimum atomic E-state index is 0.423. The van der Waals surface area contributed by atoms with Crippen LogP contribution in [0.5, 0.6) is 11.5 Å². The number of aryl methyl sites for hydroxylation is 1. The number of nitrogen functional groups attached to an aromatic ring is 2. The molecule has 0 radical (unpaired) electrons. The fraction of sp³-hybridized carbons (Fsp3) is 0.357. The van der Waals surface area contributed by atoms with Crippen LogP contribution in [-0.2, 0) is 6.42 Å². The number of hydrogen-bond donors (Lipinski definition) is 2. The number of rotatable bonds is 5. The van der Waals surface area contributed by atoms with E-state index in [-0.39, 0.29) is 0 Å². The molecule has 1 aromatic heterocycles. The van der Waals surface area contributed by atoms with E-state index in [0.717, 1.165) is 28.7 Å². The van der Waals surface area contributed by atoms with Gasteiger partial charge in [-0.25, -0.2) is 9.66 Å². The number of imidazole rings is 1. The van der Waals surface area contributed by atoms with Crippen LogP contribution < -0.4 is 21.1 Å². The van der Waals surface area contributed by atoms with Gasteiger partial charge in [-0.05, 0) is 34.5 Å². The van der Waals surface area contributed by atoms with Crippen LogP contribution in [0.3, 0.4) is 0 Å². The maximum absolute atomic E-state index is 6.08. The molecule has 0 amide bonds. The fourth-order valence-corrected chi connectivity index (χ4v) is 2.64. The molecule has 1 heterocycles. The van der Waals surface area contributed by atoms with E-state index in [2.05, 4.69) is 27.8 Å². The first-order chi connectivity index (χ1) is 10.0. The molecule has 4 N–H and O–H groups in total. The van der Waals surface area contributed by atoms with Gasteiger partial charge in [-0.15, -0.1) is 0 Å². The van der Waals surface area contributed by atoms with E-state index in [1.807, 2.05) is 12.1 Å². The Labute approximate surface area is 132 Å².